The lowest BCUT2D eigenvalue weighted by Gasteiger charge is -2.38. The topological polar surface area (TPSA) is 24.5 Å². The van der Waals surface area contributed by atoms with E-state index in [1.807, 2.05) is 12.1 Å². The van der Waals surface area contributed by atoms with Crippen molar-refractivity contribution in [2.75, 3.05) is 33.3 Å². The summed E-state index contributed by atoms with van der Waals surface area (Å²) in [5.74, 6) is 0.846. The van der Waals surface area contributed by atoms with E-state index in [4.69, 9.17) is 4.74 Å². The molecular weight excluding hydrogens is 255 g/mol. The smallest absolute Gasteiger partial charge is 0.131 e. The first-order valence-corrected chi connectivity index (χ1v) is 7.45. The van der Waals surface area contributed by atoms with E-state index in [-0.39, 0.29) is 11.9 Å². The number of methoxy groups -OCH3 is 1. The second kappa shape index (κ2) is 7.04. The predicted octanol–water partition coefficient (Wildman–Crippen LogP) is 2.83. The molecule has 1 aromatic rings. The third-order valence-corrected chi connectivity index (χ3v) is 4.25. The van der Waals surface area contributed by atoms with Crippen molar-refractivity contribution in [3.05, 3.63) is 29.6 Å². The van der Waals surface area contributed by atoms with Gasteiger partial charge in [0.25, 0.3) is 0 Å². The van der Waals surface area contributed by atoms with Crippen molar-refractivity contribution in [3.63, 3.8) is 0 Å². The third kappa shape index (κ3) is 3.30. The highest BCUT2D eigenvalue weighted by molar-refractivity contribution is 5.31. The van der Waals surface area contributed by atoms with Gasteiger partial charge in [0.05, 0.1) is 7.11 Å². The van der Waals surface area contributed by atoms with Crippen LogP contribution in [0.1, 0.15) is 31.9 Å². The first kappa shape index (κ1) is 15.3. The molecule has 0 aromatic heterocycles. The first-order chi connectivity index (χ1) is 9.67. The largest absolute Gasteiger partial charge is 0.497 e. The van der Waals surface area contributed by atoms with E-state index in [0.717, 1.165) is 38.2 Å². The number of halogens is 1. The number of nitrogens with zero attached hydrogens (tertiary/aromatic N) is 1. The normalized spacial score (nSPS) is 19.6. The fourth-order valence-corrected chi connectivity index (χ4v) is 2.92. The van der Waals surface area contributed by atoms with Crippen LogP contribution in [0.15, 0.2) is 18.2 Å². The molecule has 0 bridgehead atoms. The second-order valence-corrected chi connectivity index (χ2v) is 5.50. The van der Waals surface area contributed by atoms with Crippen molar-refractivity contribution in [1.29, 1.82) is 0 Å². The average Bonchev–Trinajstić information content (AvgIpc) is 2.50. The van der Waals surface area contributed by atoms with Gasteiger partial charge < -0.3 is 10.1 Å². The van der Waals surface area contributed by atoms with Crippen LogP contribution >= 0.6 is 0 Å². The van der Waals surface area contributed by atoms with Gasteiger partial charge in [-0.25, -0.2) is 4.39 Å². The monoisotopic (exact) mass is 280 g/mol. The summed E-state index contributed by atoms with van der Waals surface area (Å²) in [4.78, 5) is 2.40. The van der Waals surface area contributed by atoms with Crippen LogP contribution < -0.4 is 10.1 Å². The Bertz CT molecular complexity index is 432. The Morgan fingerprint density at radius 1 is 1.35 bits per heavy atom. The molecular formula is C16H25FN2O. The molecule has 1 N–H and O–H groups in total. The van der Waals surface area contributed by atoms with Crippen LogP contribution in [0.4, 0.5) is 4.39 Å². The maximum atomic E-state index is 14.4. The molecule has 0 aliphatic carbocycles. The summed E-state index contributed by atoms with van der Waals surface area (Å²) in [6.07, 6.45) is 1.04. The molecule has 1 heterocycles. The van der Waals surface area contributed by atoms with Crippen LogP contribution in [0.2, 0.25) is 0 Å². The van der Waals surface area contributed by atoms with Gasteiger partial charge in [0.1, 0.15) is 11.6 Å². The summed E-state index contributed by atoms with van der Waals surface area (Å²) in [6, 6.07) is 5.38. The zero-order valence-electron chi connectivity index (χ0n) is 12.7. The molecule has 20 heavy (non-hydrogen) atoms. The van der Waals surface area contributed by atoms with Crippen molar-refractivity contribution in [1.82, 2.24) is 10.2 Å². The third-order valence-electron chi connectivity index (χ3n) is 4.25. The second-order valence-electron chi connectivity index (χ2n) is 5.50. The Morgan fingerprint density at radius 3 is 2.60 bits per heavy atom. The van der Waals surface area contributed by atoms with Gasteiger partial charge in [0, 0.05) is 43.9 Å². The maximum Gasteiger partial charge on any atom is 0.131 e. The summed E-state index contributed by atoms with van der Waals surface area (Å²) in [7, 11) is 1.57. The minimum atomic E-state index is -0.159. The quantitative estimate of drug-likeness (QED) is 0.897. The standard InChI is InChI=1S/C16H25FN2O/c1-4-12(2)16(19-9-7-18-8-10-19)14-6-5-13(20-3)11-15(14)17/h5-6,11-12,16,18H,4,7-10H2,1-3H3/t12?,16-/m0/s1. The summed E-state index contributed by atoms with van der Waals surface area (Å²) >= 11 is 0. The number of benzene rings is 1. The highest BCUT2D eigenvalue weighted by Gasteiger charge is 2.28. The van der Waals surface area contributed by atoms with Crippen molar-refractivity contribution in [2.45, 2.75) is 26.3 Å². The van der Waals surface area contributed by atoms with E-state index in [9.17, 15) is 4.39 Å². The molecule has 4 heteroatoms. The fraction of sp³-hybridized carbons (Fsp3) is 0.625. The zero-order valence-corrected chi connectivity index (χ0v) is 12.7. The van der Waals surface area contributed by atoms with Crippen molar-refractivity contribution in [3.8, 4) is 5.75 Å². The Morgan fingerprint density at radius 2 is 2.05 bits per heavy atom. The molecule has 112 valence electrons. The number of piperazine rings is 1. The molecule has 0 amide bonds. The van der Waals surface area contributed by atoms with Crippen molar-refractivity contribution >= 4 is 0 Å². The van der Waals surface area contributed by atoms with E-state index in [2.05, 4.69) is 24.1 Å². The lowest BCUT2D eigenvalue weighted by atomic mass is 9.90. The maximum absolute atomic E-state index is 14.4. The van der Waals surface area contributed by atoms with Crippen LogP contribution in [-0.2, 0) is 0 Å². The summed E-state index contributed by atoms with van der Waals surface area (Å²) < 4.78 is 19.5. The molecule has 1 aliphatic heterocycles. The van der Waals surface area contributed by atoms with Crippen LogP contribution in [-0.4, -0.2) is 38.2 Å². The molecule has 1 saturated heterocycles. The van der Waals surface area contributed by atoms with E-state index in [0.29, 0.717) is 11.7 Å². The lowest BCUT2D eigenvalue weighted by Crippen LogP contribution is -2.46. The average molecular weight is 280 g/mol. The molecule has 0 spiro atoms. The number of ether oxygens (including phenoxy) is 1. The van der Waals surface area contributed by atoms with Crippen molar-refractivity contribution < 1.29 is 9.13 Å². The molecule has 2 rings (SSSR count). The SMILES string of the molecule is CCC(C)[C@@H](c1ccc(OC)cc1F)N1CCNCC1. The van der Waals surface area contributed by atoms with Gasteiger partial charge in [-0.05, 0) is 12.0 Å². The number of rotatable bonds is 5. The van der Waals surface area contributed by atoms with Crippen LogP contribution in [0, 0.1) is 11.7 Å². The molecule has 0 saturated carbocycles. The van der Waals surface area contributed by atoms with Crippen LogP contribution in [0.25, 0.3) is 0 Å². The summed E-state index contributed by atoms with van der Waals surface area (Å²) in [5.41, 5.74) is 0.794. The highest BCUT2D eigenvalue weighted by atomic mass is 19.1. The fourth-order valence-electron chi connectivity index (χ4n) is 2.92. The molecule has 1 aliphatic rings. The highest BCUT2D eigenvalue weighted by Crippen LogP contribution is 2.33. The van der Waals surface area contributed by atoms with Gasteiger partial charge in [-0.1, -0.05) is 26.3 Å². The lowest BCUT2D eigenvalue weighted by molar-refractivity contribution is 0.125. The molecule has 1 aromatic carbocycles. The summed E-state index contributed by atoms with van der Waals surface area (Å²) in [5, 5.41) is 3.36. The van der Waals surface area contributed by atoms with Crippen LogP contribution in [0.5, 0.6) is 5.75 Å². The number of hydrogen-bond acceptors (Lipinski definition) is 3. The van der Waals surface area contributed by atoms with Gasteiger partial charge in [0.15, 0.2) is 0 Å². The number of hydrogen-bond donors (Lipinski definition) is 1. The molecule has 3 nitrogen and oxygen atoms in total. The minimum absolute atomic E-state index is 0.146. The number of nitrogens with one attached hydrogen (secondary N) is 1. The molecule has 1 unspecified atom stereocenters. The molecule has 2 atom stereocenters. The Kier molecular flexibility index (Phi) is 5.38. The Labute approximate surface area is 121 Å². The Hall–Kier alpha value is -1.13. The summed E-state index contributed by atoms with van der Waals surface area (Å²) in [6.45, 7) is 8.27. The van der Waals surface area contributed by atoms with Gasteiger partial charge in [-0.2, -0.15) is 0 Å². The van der Waals surface area contributed by atoms with Crippen LogP contribution in [0.3, 0.4) is 0 Å². The molecule has 0 radical (unpaired) electrons. The zero-order chi connectivity index (χ0) is 14.5. The van der Waals surface area contributed by atoms with E-state index in [1.54, 1.807) is 7.11 Å². The van der Waals surface area contributed by atoms with Gasteiger partial charge in [-0.15, -0.1) is 0 Å². The first-order valence-electron chi connectivity index (χ1n) is 7.45. The minimum Gasteiger partial charge on any atom is -0.497 e. The van der Waals surface area contributed by atoms with E-state index in [1.165, 1.54) is 6.07 Å². The van der Waals surface area contributed by atoms with E-state index < -0.39 is 0 Å². The Balaban J connectivity index is 2.30. The van der Waals surface area contributed by atoms with Gasteiger partial charge in [0.2, 0.25) is 0 Å². The van der Waals surface area contributed by atoms with Gasteiger partial charge in [-0.3, -0.25) is 4.90 Å². The van der Waals surface area contributed by atoms with E-state index >= 15 is 0 Å². The predicted molar refractivity (Wildman–Crippen MR) is 79.6 cm³/mol. The van der Waals surface area contributed by atoms with Gasteiger partial charge >= 0.3 is 0 Å². The molecule has 1 fully saturated rings. The van der Waals surface area contributed by atoms with Crippen molar-refractivity contribution in [2.24, 2.45) is 5.92 Å².